The highest BCUT2D eigenvalue weighted by atomic mass is 32.1. The molecule has 0 amide bonds. The fraction of sp³-hybridized carbons (Fsp3) is 0.353. The first-order valence-corrected chi connectivity index (χ1v) is 8.13. The molecule has 0 spiro atoms. The van der Waals surface area contributed by atoms with Crippen LogP contribution >= 0.6 is 11.3 Å². The van der Waals surface area contributed by atoms with Gasteiger partial charge in [-0.25, -0.2) is 0 Å². The Morgan fingerprint density at radius 2 is 2.05 bits per heavy atom. The van der Waals surface area contributed by atoms with Crippen LogP contribution in [0.1, 0.15) is 28.8 Å². The van der Waals surface area contributed by atoms with Gasteiger partial charge in [0.25, 0.3) is 0 Å². The van der Waals surface area contributed by atoms with E-state index < -0.39 is 0 Å². The quantitative estimate of drug-likeness (QED) is 0.732. The Bertz CT molecular complexity index is 588. The van der Waals surface area contributed by atoms with Crippen molar-refractivity contribution in [3.05, 3.63) is 52.2 Å². The van der Waals surface area contributed by atoms with Crippen molar-refractivity contribution in [3.8, 4) is 5.75 Å². The summed E-state index contributed by atoms with van der Waals surface area (Å²) >= 11 is 1.71. The lowest BCUT2D eigenvalue weighted by molar-refractivity contribution is 0.0919. The van der Waals surface area contributed by atoms with Gasteiger partial charge in [0, 0.05) is 18.2 Å². The second-order valence-electron chi connectivity index (χ2n) is 5.42. The van der Waals surface area contributed by atoms with Gasteiger partial charge in [-0.15, -0.1) is 0 Å². The fourth-order valence-corrected chi connectivity index (χ4v) is 3.08. The number of rotatable bonds is 7. The Morgan fingerprint density at radius 1 is 1.29 bits per heavy atom. The second kappa shape index (κ2) is 6.41. The number of benzene rings is 1. The molecule has 110 valence electrons. The molecule has 0 aliphatic heterocycles. The van der Waals surface area contributed by atoms with Crippen LogP contribution in [0.4, 0.5) is 0 Å². The van der Waals surface area contributed by atoms with Crippen LogP contribution in [0.25, 0.3) is 0 Å². The van der Waals surface area contributed by atoms with Crippen molar-refractivity contribution in [1.82, 2.24) is 4.90 Å². The standard InChI is InChI=1S/C17H19NO2S/c1-20-16-6-2-14(3-7-16)17(19)11-18(15-4-5-15)10-13-8-9-21-12-13/h2-3,6-9,12,15H,4-5,10-11H2,1H3. The molecule has 21 heavy (non-hydrogen) atoms. The highest BCUT2D eigenvalue weighted by molar-refractivity contribution is 7.07. The summed E-state index contributed by atoms with van der Waals surface area (Å²) in [5, 5.41) is 4.25. The van der Waals surface area contributed by atoms with E-state index in [9.17, 15) is 4.79 Å². The first-order chi connectivity index (χ1) is 10.3. The average Bonchev–Trinajstić information content (AvgIpc) is 3.24. The summed E-state index contributed by atoms with van der Waals surface area (Å²) in [6.45, 7) is 1.36. The molecular weight excluding hydrogens is 282 g/mol. The summed E-state index contributed by atoms with van der Waals surface area (Å²) in [6, 6.07) is 10.1. The number of thiophene rings is 1. The first kappa shape index (κ1) is 14.3. The molecule has 3 rings (SSSR count). The Labute approximate surface area is 129 Å². The van der Waals surface area contributed by atoms with Gasteiger partial charge in [-0.3, -0.25) is 9.69 Å². The third kappa shape index (κ3) is 3.71. The summed E-state index contributed by atoms with van der Waals surface area (Å²) in [6.07, 6.45) is 2.42. The minimum atomic E-state index is 0.180. The maximum atomic E-state index is 12.4. The van der Waals surface area contributed by atoms with E-state index in [1.165, 1.54) is 18.4 Å². The molecule has 1 heterocycles. The van der Waals surface area contributed by atoms with Crippen LogP contribution in [0.2, 0.25) is 0 Å². The first-order valence-electron chi connectivity index (χ1n) is 7.18. The third-order valence-corrected chi connectivity index (χ3v) is 4.52. The maximum absolute atomic E-state index is 12.4. The smallest absolute Gasteiger partial charge is 0.176 e. The molecule has 0 N–H and O–H groups in total. The average molecular weight is 301 g/mol. The molecule has 3 nitrogen and oxygen atoms in total. The van der Waals surface area contributed by atoms with Gasteiger partial charge in [-0.1, -0.05) is 0 Å². The number of carbonyl (C=O) groups is 1. The highest BCUT2D eigenvalue weighted by Gasteiger charge is 2.30. The zero-order chi connectivity index (χ0) is 14.7. The number of Topliss-reactive ketones (excluding diaryl/α,β-unsaturated/α-hetero) is 1. The minimum absolute atomic E-state index is 0.180. The van der Waals surface area contributed by atoms with E-state index in [-0.39, 0.29) is 5.78 Å². The molecule has 0 unspecified atom stereocenters. The van der Waals surface area contributed by atoms with Gasteiger partial charge in [0.2, 0.25) is 0 Å². The predicted molar refractivity (Wildman–Crippen MR) is 85.1 cm³/mol. The molecule has 1 aromatic heterocycles. The molecule has 2 aromatic rings. The van der Waals surface area contributed by atoms with E-state index >= 15 is 0 Å². The van der Waals surface area contributed by atoms with Crippen molar-refractivity contribution in [3.63, 3.8) is 0 Å². The number of hydrogen-bond donors (Lipinski definition) is 0. The van der Waals surface area contributed by atoms with Crippen LogP contribution in [-0.2, 0) is 6.54 Å². The summed E-state index contributed by atoms with van der Waals surface area (Å²) in [7, 11) is 1.63. The lowest BCUT2D eigenvalue weighted by atomic mass is 10.1. The topological polar surface area (TPSA) is 29.5 Å². The van der Waals surface area contributed by atoms with Crippen molar-refractivity contribution in [1.29, 1.82) is 0 Å². The van der Waals surface area contributed by atoms with E-state index in [1.54, 1.807) is 18.4 Å². The SMILES string of the molecule is COc1ccc(C(=O)CN(Cc2ccsc2)C2CC2)cc1. The summed E-state index contributed by atoms with van der Waals surface area (Å²) in [5.41, 5.74) is 2.06. The van der Waals surface area contributed by atoms with Gasteiger partial charge in [0.15, 0.2) is 5.78 Å². The lowest BCUT2D eigenvalue weighted by Gasteiger charge is -2.20. The number of carbonyl (C=O) groups excluding carboxylic acids is 1. The maximum Gasteiger partial charge on any atom is 0.176 e. The fourth-order valence-electron chi connectivity index (χ4n) is 2.42. The lowest BCUT2D eigenvalue weighted by Crippen LogP contribution is -2.31. The molecular formula is C17H19NO2S. The number of nitrogens with zero attached hydrogens (tertiary/aromatic N) is 1. The van der Waals surface area contributed by atoms with Gasteiger partial charge in [-0.2, -0.15) is 11.3 Å². The number of ketones is 1. The van der Waals surface area contributed by atoms with Crippen molar-refractivity contribution in [2.75, 3.05) is 13.7 Å². The van der Waals surface area contributed by atoms with Crippen LogP contribution in [0, 0.1) is 0 Å². The molecule has 1 aliphatic carbocycles. The highest BCUT2D eigenvalue weighted by Crippen LogP contribution is 2.29. The Kier molecular flexibility index (Phi) is 4.36. The molecule has 1 aromatic carbocycles. The van der Waals surface area contributed by atoms with E-state index in [2.05, 4.69) is 21.7 Å². The normalized spacial score (nSPS) is 14.4. The van der Waals surface area contributed by atoms with Crippen LogP contribution in [0.15, 0.2) is 41.1 Å². The zero-order valence-corrected chi connectivity index (χ0v) is 12.9. The van der Waals surface area contributed by atoms with E-state index in [1.807, 2.05) is 24.3 Å². The Hall–Kier alpha value is -1.65. The van der Waals surface area contributed by atoms with Crippen LogP contribution < -0.4 is 4.74 Å². The molecule has 0 saturated heterocycles. The third-order valence-electron chi connectivity index (χ3n) is 3.79. The molecule has 1 saturated carbocycles. The van der Waals surface area contributed by atoms with E-state index in [0.29, 0.717) is 12.6 Å². The zero-order valence-electron chi connectivity index (χ0n) is 12.1. The minimum Gasteiger partial charge on any atom is -0.497 e. The van der Waals surface area contributed by atoms with Gasteiger partial charge in [0.05, 0.1) is 13.7 Å². The number of methoxy groups -OCH3 is 1. The van der Waals surface area contributed by atoms with Crippen molar-refractivity contribution >= 4 is 17.1 Å². The summed E-state index contributed by atoms with van der Waals surface area (Å²) < 4.78 is 5.13. The second-order valence-corrected chi connectivity index (χ2v) is 6.20. The van der Waals surface area contributed by atoms with Crippen LogP contribution in [0.3, 0.4) is 0 Å². The van der Waals surface area contributed by atoms with Crippen LogP contribution in [0.5, 0.6) is 5.75 Å². The van der Waals surface area contributed by atoms with Crippen molar-refractivity contribution in [2.24, 2.45) is 0 Å². The van der Waals surface area contributed by atoms with E-state index in [0.717, 1.165) is 17.9 Å². The number of ether oxygens (including phenoxy) is 1. The summed E-state index contributed by atoms with van der Waals surface area (Å²) in [5.74, 6) is 0.962. The largest absolute Gasteiger partial charge is 0.497 e. The van der Waals surface area contributed by atoms with Crippen molar-refractivity contribution in [2.45, 2.75) is 25.4 Å². The molecule has 1 aliphatic rings. The Morgan fingerprint density at radius 3 is 2.62 bits per heavy atom. The molecule has 0 atom stereocenters. The predicted octanol–water partition coefficient (Wildman–Crippen LogP) is 3.60. The monoisotopic (exact) mass is 301 g/mol. The summed E-state index contributed by atoms with van der Waals surface area (Å²) in [4.78, 5) is 14.7. The number of hydrogen-bond acceptors (Lipinski definition) is 4. The Balaban J connectivity index is 1.65. The van der Waals surface area contributed by atoms with Gasteiger partial charge >= 0.3 is 0 Å². The molecule has 4 heteroatoms. The van der Waals surface area contributed by atoms with E-state index in [4.69, 9.17) is 4.74 Å². The van der Waals surface area contributed by atoms with Crippen LogP contribution in [-0.4, -0.2) is 30.4 Å². The molecule has 0 radical (unpaired) electrons. The van der Waals surface area contributed by atoms with Gasteiger partial charge in [0.1, 0.15) is 5.75 Å². The van der Waals surface area contributed by atoms with Gasteiger partial charge in [-0.05, 0) is 59.5 Å². The van der Waals surface area contributed by atoms with Gasteiger partial charge < -0.3 is 4.74 Å². The molecule has 0 bridgehead atoms. The molecule has 1 fully saturated rings. The van der Waals surface area contributed by atoms with Crippen molar-refractivity contribution < 1.29 is 9.53 Å².